The van der Waals surface area contributed by atoms with Gasteiger partial charge < -0.3 is 9.64 Å². The van der Waals surface area contributed by atoms with E-state index in [-0.39, 0.29) is 5.91 Å². The number of nitrogens with zero attached hydrogens (tertiary/aromatic N) is 2. The molecule has 1 fully saturated rings. The van der Waals surface area contributed by atoms with E-state index in [1.807, 2.05) is 24.1 Å². The van der Waals surface area contributed by atoms with Crippen molar-refractivity contribution in [2.45, 2.75) is 38.2 Å². The van der Waals surface area contributed by atoms with Crippen molar-refractivity contribution < 1.29 is 9.53 Å². The lowest BCUT2D eigenvalue weighted by Crippen LogP contribution is -2.29. The van der Waals surface area contributed by atoms with Crippen LogP contribution in [0.2, 0.25) is 0 Å². The number of likely N-dealkylation sites (N-methyl/N-ethyl adjacent to an activating group) is 1. The van der Waals surface area contributed by atoms with Crippen LogP contribution in [0.4, 0.5) is 0 Å². The van der Waals surface area contributed by atoms with Crippen LogP contribution >= 0.6 is 0 Å². The highest BCUT2D eigenvalue weighted by Gasteiger charge is 2.16. The molecule has 0 N–H and O–H groups in total. The molecule has 4 nitrogen and oxygen atoms in total. The lowest BCUT2D eigenvalue weighted by atomic mass is 10.1. The Labute approximate surface area is 114 Å². The van der Waals surface area contributed by atoms with Gasteiger partial charge in [0.2, 0.25) is 5.91 Å². The van der Waals surface area contributed by atoms with Crippen LogP contribution in [0.15, 0.2) is 24.5 Å². The summed E-state index contributed by atoms with van der Waals surface area (Å²) in [6.07, 6.45) is 8.75. The number of hydrogen-bond donors (Lipinski definition) is 0. The van der Waals surface area contributed by atoms with Gasteiger partial charge in [-0.2, -0.15) is 0 Å². The smallest absolute Gasteiger partial charge is 0.226 e. The molecule has 0 bridgehead atoms. The van der Waals surface area contributed by atoms with Gasteiger partial charge >= 0.3 is 0 Å². The van der Waals surface area contributed by atoms with Crippen LogP contribution in [0, 0.1) is 0 Å². The second-order valence-corrected chi connectivity index (χ2v) is 5.13. The van der Waals surface area contributed by atoms with E-state index >= 15 is 0 Å². The quantitative estimate of drug-likeness (QED) is 0.788. The first kappa shape index (κ1) is 14.0. The molecule has 0 radical (unpaired) electrons. The van der Waals surface area contributed by atoms with E-state index in [0.29, 0.717) is 12.5 Å². The van der Waals surface area contributed by atoms with Gasteiger partial charge in [-0.25, -0.2) is 0 Å². The van der Waals surface area contributed by atoms with Gasteiger partial charge in [0.15, 0.2) is 0 Å². The van der Waals surface area contributed by atoms with E-state index in [1.165, 1.54) is 12.8 Å². The summed E-state index contributed by atoms with van der Waals surface area (Å²) in [7, 11) is 1.87. The molecule has 0 aromatic carbocycles. The summed E-state index contributed by atoms with van der Waals surface area (Å²) < 4.78 is 5.58. The highest BCUT2D eigenvalue weighted by Crippen LogP contribution is 2.16. The Morgan fingerprint density at radius 1 is 1.58 bits per heavy atom. The van der Waals surface area contributed by atoms with Crippen LogP contribution in [0.3, 0.4) is 0 Å². The first-order chi connectivity index (χ1) is 9.25. The molecule has 1 unspecified atom stereocenters. The summed E-state index contributed by atoms with van der Waals surface area (Å²) in [6, 6.07) is 3.80. The molecule has 2 rings (SSSR count). The van der Waals surface area contributed by atoms with E-state index < -0.39 is 0 Å². The molecular weight excluding hydrogens is 240 g/mol. The fourth-order valence-electron chi connectivity index (χ4n) is 2.37. The normalized spacial score (nSPS) is 18.5. The minimum atomic E-state index is 0.153. The predicted octanol–water partition coefficient (Wildman–Crippen LogP) is 2.04. The van der Waals surface area contributed by atoms with Crippen molar-refractivity contribution in [3.05, 3.63) is 30.1 Å². The van der Waals surface area contributed by atoms with Crippen LogP contribution in [-0.2, 0) is 16.0 Å². The minimum Gasteiger partial charge on any atom is -0.378 e. The van der Waals surface area contributed by atoms with Gasteiger partial charge in [-0.15, -0.1) is 0 Å². The second-order valence-electron chi connectivity index (χ2n) is 5.13. The standard InChI is InChI=1S/C15H22N2O2/c1-17(9-3-6-14-7-4-10-19-14)15(18)11-13-5-2-8-16-12-13/h2,5,8,12,14H,3-4,6-7,9-11H2,1H3. The maximum atomic E-state index is 12.0. The Morgan fingerprint density at radius 3 is 3.16 bits per heavy atom. The second kappa shape index (κ2) is 7.24. The van der Waals surface area contributed by atoms with Crippen LogP contribution < -0.4 is 0 Å². The summed E-state index contributed by atoms with van der Waals surface area (Å²) >= 11 is 0. The molecular formula is C15H22N2O2. The number of carbonyl (C=O) groups is 1. The van der Waals surface area contributed by atoms with Crippen molar-refractivity contribution in [3.63, 3.8) is 0 Å². The average Bonchev–Trinajstić information content (AvgIpc) is 2.93. The molecule has 4 heteroatoms. The highest BCUT2D eigenvalue weighted by molar-refractivity contribution is 5.78. The topological polar surface area (TPSA) is 42.4 Å². The van der Waals surface area contributed by atoms with E-state index in [4.69, 9.17) is 4.74 Å². The Hall–Kier alpha value is -1.42. The largest absolute Gasteiger partial charge is 0.378 e. The molecule has 1 saturated heterocycles. The average molecular weight is 262 g/mol. The summed E-state index contributed by atoms with van der Waals surface area (Å²) in [4.78, 5) is 17.8. The Bertz CT molecular complexity index is 388. The van der Waals surface area contributed by atoms with Crippen molar-refractivity contribution in [2.75, 3.05) is 20.2 Å². The number of carbonyl (C=O) groups excluding carboxylic acids is 1. The van der Waals surface area contributed by atoms with Gasteiger partial charge in [-0.05, 0) is 37.3 Å². The monoisotopic (exact) mass is 262 g/mol. The maximum Gasteiger partial charge on any atom is 0.226 e. The Balaban J connectivity index is 1.67. The molecule has 1 aromatic rings. The zero-order valence-corrected chi connectivity index (χ0v) is 11.5. The summed E-state index contributed by atoms with van der Waals surface area (Å²) in [5, 5.41) is 0. The van der Waals surface area contributed by atoms with E-state index in [1.54, 1.807) is 12.4 Å². The zero-order valence-electron chi connectivity index (χ0n) is 11.5. The fraction of sp³-hybridized carbons (Fsp3) is 0.600. The number of aromatic nitrogens is 1. The molecule has 0 aliphatic carbocycles. The first-order valence-electron chi connectivity index (χ1n) is 7.00. The molecule has 2 heterocycles. The Morgan fingerprint density at radius 2 is 2.47 bits per heavy atom. The van der Waals surface area contributed by atoms with Crippen molar-refractivity contribution in [2.24, 2.45) is 0 Å². The van der Waals surface area contributed by atoms with Crippen LogP contribution in [-0.4, -0.2) is 42.1 Å². The molecule has 104 valence electrons. The third kappa shape index (κ3) is 4.63. The lowest BCUT2D eigenvalue weighted by molar-refractivity contribution is -0.129. The van der Waals surface area contributed by atoms with Crippen molar-refractivity contribution >= 4 is 5.91 Å². The maximum absolute atomic E-state index is 12.0. The molecule has 1 aromatic heterocycles. The summed E-state index contributed by atoms with van der Waals surface area (Å²) in [5.41, 5.74) is 0.971. The van der Waals surface area contributed by atoms with E-state index in [2.05, 4.69) is 4.98 Å². The number of pyridine rings is 1. The molecule has 0 spiro atoms. The van der Waals surface area contributed by atoms with Gasteiger partial charge in [0, 0.05) is 32.6 Å². The van der Waals surface area contributed by atoms with Gasteiger partial charge in [0.1, 0.15) is 0 Å². The van der Waals surface area contributed by atoms with Gasteiger partial charge in [0.25, 0.3) is 0 Å². The molecule has 1 aliphatic rings. The van der Waals surface area contributed by atoms with Gasteiger partial charge in [0.05, 0.1) is 12.5 Å². The SMILES string of the molecule is CN(CCCC1CCCO1)C(=O)Cc1cccnc1. The number of rotatable bonds is 6. The highest BCUT2D eigenvalue weighted by atomic mass is 16.5. The van der Waals surface area contributed by atoms with E-state index in [0.717, 1.165) is 31.6 Å². The van der Waals surface area contributed by atoms with Gasteiger partial charge in [-0.1, -0.05) is 6.07 Å². The fourth-order valence-corrected chi connectivity index (χ4v) is 2.37. The van der Waals surface area contributed by atoms with Crippen LogP contribution in [0.25, 0.3) is 0 Å². The first-order valence-corrected chi connectivity index (χ1v) is 7.00. The zero-order chi connectivity index (χ0) is 13.5. The summed E-state index contributed by atoms with van der Waals surface area (Å²) in [6.45, 7) is 1.71. The molecule has 19 heavy (non-hydrogen) atoms. The minimum absolute atomic E-state index is 0.153. The number of amides is 1. The molecule has 1 aliphatic heterocycles. The molecule has 0 saturated carbocycles. The number of hydrogen-bond acceptors (Lipinski definition) is 3. The molecule has 1 atom stereocenters. The third-order valence-corrected chi connectivity index (χ3v) is 3.55. The molecule has 1 amide bonds. The van der Waals surface area contributed by atoms with E-state index in [9.17, 15) is 4.79 Å². The van der Waals surface area contributed by atoms with Crippen LogP contribution in [0.5, 0.6) is 0 Å². The van der Waals surface area contributed by atoms with Crippen molar-refractivity contribution in [1.29, 1.82) is 0 Å². The predicted molar refractivity (Wildman–Crippen MR) is 73.8 cm³/mol. The third-order valence-electron chi connectivity index (χ3n) is 3.55. The van der Waals surface area contributed by atoms with Crippen LogP contribution in [0.1, 0.15) is 31.2 Å². The Kier molecular flexibility index (Phi) is 5.33. The lowest BCUT2D eigenvalue weighted by Gasteiger charge is -2.18. The summed E-state index contributed by atoms with van der Waals surface area (Å²) in [5.74, 6) is 0.153. The van der Waals surface area contributed by atoms with Crippen molar-refractivity contribution in [1.82, 2.24) is 9.88 Å². The number of ether oxygens (including phenoxy) is 1. The van der Waals surface area contributed by atoms with Crippen molar-refractivity contribution in [3.8, 4) is 0 Å². The van der Waals surface area contributed by atoms with Gasteiger partial charge in [-0.3, -0.25) is 9.78 Å².